The van der Waals surface area contributed by atoms with Crippen LogP contribution in [0, 0.1) is 0 Å². The van der Waals surface area contributed by atoms with Crippen LogP contribution in [-0.2, 0) is 12.8 Å². The molecule has 144 valence electrons. The molecule has 4 nitrogen and oxygen atoms in total. The van der Waals surface area contributed by atoms with Crippen molar-refractivity contribution in [2.75, 3.05) is 13.7 Å². The van der Waals surface area contributed by atoms with E-state index in [0.717, 1.165) is 65.8 Å². The Kier molecular flexibility index (Phi) is 5.31. The van der Waals surface area contributed by atoms with Gasteiger partial charge in [-0.25, -0.2) is 4.98 Å². The second-order valence-corrected chi connectivity index (χ2v) is 7.18. The molecule has 0 aliphatic carbocycles. The number of nitrogens with one attached hydrogen (secondary N) is 1. The molecule has 0 aliphatic rings. The molecule has 0 saturated carbocycles. The number of aryl methyl sites for hydroxylation is 2. The van der Waals surface area contributed by atoms with Gasteiger partial charge in [-0.15, -0.1) is 0 Å². The lowest BCUT2D eigenvalue weighted by molar-refractivity contribution is 0.419. The SMILES string of the molecule is CCc1ccc2[nH]c(-c3cc(OC)c4ccccc4n3)c(CCCCN)c2c1. The van der Waals surface area contributed by atoms with E-state index in [1.807, 2.05) is 30.3 Å². The largest absolute Gasteiger partial charge is 0.496 e. The van der Waals surface area contributed by atoms with Crippen molar-refractivity contribution in [3.05, 3.63) is 59.7 Å². The number of ether oxygens (including phenoxy) is 1. The maximum atomic E-state index is 5.74. The molecule has 2 aromatic heterocycles. The second kappa shape index (κ2) is 8.03. The van der Waals surface area contributed by atoms with Crippen LogP contribution in [-0.4, -0.2) is 23.6 Å². The molecule has 4 rings (SSSR count). The number of hydrogen-bond acceptors (Lipinski definition) is 3. The molecule has 0 fully saturated rings. The van der Waals surface area contributed by atoms with E-state index in [0.29, 0.717) is 0 Å². The molecular weight excluding hydrogens is 346 g/mol. The fourth-order valence-corrected chi connectivity index (χ4v) is 3.88. The normalized spacial score (nSPS) is 11.4. The van der Waals surface area contributed by atoms with Crippen LogP contribution in [0.5, 0.6) is 5.75 Å². The van der Waals surface area contributed by atoms with Crippen LogP contribution in [0.25, 0.3) is 33.2 Å². The van der Waals surface area contributed by atoms with E-state index < -0.39 is 0 Å². The van der Waals surface area contributed by atoms with Crippen LogP contribution in [0.4, 0.5) is 0 Å². The summed E-state index contributed by atoms with van der Waals surface area (Å²) in [6.07, 6.45) is 4.10. The lowest BCUT2D eigenvalue weighted by atomic mass is 10.00. The van der Waals surface area contributed by atoms with Crippen molar-refractivity contribution in [1.29, 1.82) is 0 Å². The van der Waals surface area contributed by atoms with E-state index >= 15 is 0 Å². The number of nitrogens with two attached hydrogens (primary N) is 1. The van der Waals surface area contributed by atoms with E-state index in [-0.39, 0.29) is 0 Å². The third-order valence-corrected chi connectivity index (χ3v) is 5.41. The third-order valence-electron chi connectivity index (χ3n) is 5.41. The van der Waals surface area contributed by atoms with Gasteiger partial charge in [0, 0.05) is 22.4 Å². The number of nitrogens with zero attached hydrogens (tertiary/aromatic N) is 1. The Balaban J connectivity index is 1.92. The molecule has 4 heteroatoms. The summed E-state index contributed by atoms with van der Waals surface area (Å²) in [5.41, 5.74) is 12.5. The fraction of sp³-hybridized carbons (Fsp3) is 0.292. The molecule has 4 aromatic rings. The number of aromatic amines is 1. The van der Waals surface area contributed by atoms with Gasteiger partial charge in [0.05, 0.1) is 24.0 Å². The molecule has 0 bridgehead atoms. The van der Waals surface area contributed by atoms with Gasteiger partial charge in [-0.2, -0.15) is 0 Å². The molecular formula is C24H27N3O. The predicted molar refractivity (Wildman–Crippen MR) is 117 cm³/mol. The van der Waals surface area contributed by atoms with E-state index in [4.69, 9.17) is 15.5 Å². The number of rotatable bonds is 7. The number of H-pyrrole nitrogens is 1. The summed E-state index contributed by atoms with van der Waals surface area (Å²) < 4.78 is 5.67. The first-order valence-electron chi connectivity index (χ1n) is 10.0. The van der Waals surface area contributed by atoms with Gasteiger partial charge >= 0.3 is 0 Å². The van der Waals surface area contributed by atoms with E-state index in [1.54, 1.807) is 7.11 Å². The minimum atomic E-state index is 0.722. The lowest BCUT2D eigenvalue weighted by Crippen LogP contribution is -2.00. The molecule has 3 N–H and O–H groups in total. The average molecular weight is 374 g/mol. The highest BCUT2D eigenvalue weighted by atomic mass is 16.5. The maximum absolute atomic E-state index is 5.74. The van der Waals surface area contributed by atoms with Crippen LogP contribution < -0.4 is 10.5 Å². The Hall–Kier alpha value is -2.85. The minimum Gasteiger partial charge on any atom is -0.496 e. The third kappa shape index (κ3) is 3.36. The first kappa shape index (κ1) is 18.5. The van der Waals surface area contributed by atoms with Crippen molar-refractivity contribution in [2.24, 2.45) is 5.73 Å². The number of para-hydroxylation sites is 1. The van der Waals surface area contributed by atoms with Gasteiger partial charge in [-0.3, -0.25) is 0 Å². The molecule has 0 spiro atoms. The number of aromatic nitrogens is 2. The quantitative estimate of drug-likeness (QED) is 0.436. The minimum absolute atomic E-state index is 0.722. The Bertz CT molecular complexity index is 1110. The zero-order valence-electron chi connectivity index (χ0n) is 16.6. The van der Waals surface area contributed by atoms with Crippen LogP contribution >= 0.6 is 0 Å². The van der Waals surface area contributed by atoms with Crippen molar-refractivity contribution in [3.8, 4) is 17.1 Å². The summed E-state index contributed by atoms with van der Waals surface area (Å²) in [5, 5.41) is 2.32. The topological polar surface area (TPSA) is 63.9 Å². The molecule has 0 saturated heterocycles. The maximum Gasteiger partial charge on any atom is 0.130 e. The standard InChI is InChI=1S/C24H27N3O/c1-3-16-11-12-21-19(14-16)17(8-6-7-13-25)24(27-21)22-15-23(28-2)18-9-4-5-10-20(18)26-22/h4-5,9-12,14-15,27H,3,6-8,13,25H2,1-2H3. The molecule has 0 atom stereocenters. The van der Waals surface area contributed by atoms with Crippen molar-refractivity contribution in [3.63, 3.8) is 0 Å². The second-order valence-electron chi connectivity index (χ2n) is 7.18. The Labute approximate surface area is 165 Å². The zero-order valence-corrected chi connectivity index (χ0v) is 16.6. The smallest absolute Gasteiger partial charge is 0.130 e. The van der Waals surface area contributed by atoms with Crippen LogP contribution in [0.3, 0.4) is 0 Å². The Morgan fingerprint density at radius 3 is 2.68 bits per heavy atom. The summed E-state index contributed by atoms with van der Waals surface area (Å²) in [5.74, 6) is 0.849. The summed E-state index contributed by atoms with van der Waals surface area (Å²) in [6.45, 7) is 2.92. The average Bonchev–Trinajstić information content (AvgIpc) is 3.10. The Morgan fingerprint density at radius 1 is 1.04 bits per heavy atom. The monoisotopic (exact) mass is 373 g/mol. The molecule has 0 unspecified atom stereocenters. The van der Waals surface area contributed by atoms with Gasteiger partial charge < -0.3 is 15.5 Å². The van der Waals surface area contributed by atoms with Crippen molar-refractivity contribution < 1.29 is 4.74 Å². The van der Waals surface area contributed by atoms with Crippen molar-refractivity contribution in [2.45, 2.75) is 32.6 Å². The highest BCUT2D eigenvalue weighted by Gasteiger charge is 2.16. The zero-order chi connectivity index (χ0) is 19.5. The number of fused-ring (bicyclic) bond motifs is 2. The lowest BCUT2D eigenvalue weighted by Gasteiger charge is -2.10. The molecule has 2 aromatic carbocycles. The van der Waals surface area contributed by atoms with Crippen LogP contribution in [0.15, 0.2) is 48.5 Å². The first-order valence-corrected chi connectivity index (χ1v) is 10.0. The van der Waals surface area contributed by atoms with Gasteiger partial charge in [-0.1, -0.05) is 25.1 Å². The van der Waals surface area contributed by atoms with Crippen molar-refractivity contribution >= 4 is 21.8 Å². The fourth-order valence-electron chi connectivity index (χ4n) is 3.88. The molecule has 0 amide bonds. The molecule has 0 aliphatic heterocycles. The van der Waals surface area contributed by atoms with Gasteiger partial charge in [0.15, 0.2) is 0 Å². The number of pyridine rings is 1. The molecule has 28 heavy (non-hydrogen) atoms. The van der Waals surface area contributed by atoms with E-state index in [1.165, 1.54) is 16.5 Å². The van der Waals surface area contributed by atoms with Gasteiger partial charge in [0.1, 0.15) is 5.75 Å². The molecule has 0 radical (unpaired) electrons. The summed E-state index contributed by atoms with van der Waals surface area (Å²) in [6, 6.07) is 16.8. The summed E-state index contributed by atoms with van der Waals surface area (Å²) in [4.78, 5) is 8.57. The van der Waals surface area contributed by atoms with Crippen LogP contribution in [0.1, 0.15) is 30.9 Å². The highest BCUT2D eigenvalue weighted by Crippen LogP contribution is 2.35. The number of unbranched alkanes of at least 4 members (excludes halogenated alkanes) is 1. The first-order chi connectivity index (χ1) is 13.7. The number of benzene rings is 2. The summed E-state index contributed by atoms with van der Waals surface area (Å²) in [7, 11) is 1.71. The van der Waals surface area contributed by atoms with E-state index in [9.17, 15) is 0 Å². The summed E-state index contributed by atoms with van der Waals surface area (Å²) >= 11 is 0. The van der Waals surface area contributed by atoms with E-state index in [2.05, 4.69) is 30.1 Å². The van der Waals surface area contributed by atoms with Gasteiger partial charge in [0.2, 0.25) is 0 Å². The highest BCUT2D eigenvalue weighted by molar-refractivity contribution is 5.93. The Morgan fingerprint density at radius 2 is 1.89 bits per heavy atom. The number of methoxy groups -OCH3 is 1. The van der Waals surface area contributed by atoms with Crippen LogP contribution in [0.2, 0.25) is 0 Å². The molecule has 2 heterocycles. The number of hydrogen-bond donors (Lipinski definition) is 2. The predicted octanol–water partition coefficient (Wildman–Crippen LogP) is 5.24. The van der Waals surface area contributed by atoms with Gasteiger partial charge in [0.25, 0.3) is 0 Å². The van der Waals surface area contributed by atoms with Crippen molar-refractivity contribution in [1.82, 2.24) is 9.97 Å². The van der Waals surface area contributed by atoms with Gasteiger partial charge in [-0.05, 0) is 67.6 Å².